The lowest BCUT2D eigenvalue weighted by Crippen LogP contribution is -2.34. The zero-order chi connectivity index (χ0) is 14.2. The second kappa shape index (κ2) is 6.20. The van der Waals surface area contributed by atoms with Crippen molar-refractivity contribution >= 4 is 22.4 Å². The van der Waals surface area contributed by atoms with Gasteiger partial charge in [0.05, 0.1) is 5.75 Å². The third-order valence-electron chi connectivity index (χ3n) is 4.39. The fraction of sp³-hybridized carbons (Fsp3) is 0.571. The first-order chi connectivity index (χ1) is 9.49. The highest BCUT2D eigenvalue weighted by molar-refractivity contribution is 7.88. The van der Waals surface area contributed by atoms with E-state index in [2.05, 4.69) is 5.32 Å². The summed E-state index contributed by atoms with van der Waals surface area (Å²) in [7, 11) is -3.31. The summed E-state index contributed by atoms with van der Waals surface area (Å²) in [5.74, 6) is -0.389. The highest BCUT2D eigenvalue weighted by atomic mass is 35.5. The SMILES string of the molecule is Cl.O=S(=O)(Cc1ccc(F)cc1)N1CCC2(CCNC2)C1. The molecule has 0 aromatic heterocycles. The average Bonchev–Trinajstić information content (AvgIpc) is 3.04. The zero-order valence-electron chi connectivity index (χ0n) is 11.7. The van der Waals surface area contributed by atoms with Crippen molar-refractivity contribution < 1.29 is 12.8 Å². The molecular weight excluding hydrogens is 315 g/mol. The Labute approximate surface area is 131 Å². The lowest BCUT2D eigenvalue weighted by atomic mass is 9.87. The van der Waals surface area contributed by atoms with Crippen molar-refractivity contribution in [2.45, 2.75) is 18.6 Å². The molecular formula is C14H20ClFN2O2S. The fourth-order valence-electron chi connectivity index (χ4n) is 3.16. The van der Waals surface area contributed by atoms with Crippen molar-refractivity contribution in [3.8, 4) is 0 Å². The van der Waals surface area contributed by atoms with Crippen molar-refractivity contribution in [2.75, 3.05) is 26.2 Å². The van der Waals surface area contributed by atoms with E-state index in [1.54, 1.807) is 4.31 Å². The van der Waals surface area contributed by atoms with Crippen molar-refractivity contribution in [1.29, 1.82) is 0 Å². The van der Waals surface area contributed by atoms with Gasteiger partial charge in [0, 0.05) is 19.6 Å². The zero-order valence-corrected chi connectivity index (χ0v) is 13.4. The standard InChI is InChI=1S/C14H19FN2O2S.ClH/c15-13-3-1-12(2-4-13)9-20(18,19)17-8-6-14(11-17)5-7-16-10-14;/h1-4,16H,5-11H2;1H. The number of halogens is 2. The van der Waals surface area contributed by atoms with E-state index in [0.29, 0.717) is 18.7 Å². The molecule has 7 heteroatoms. The second-order valence-electron chi connectivity index (χ2n) is 5.89. The molecule has 1 N–H and O–H groups in total. The first-order valence-electron chi connectivity index (χ1n) is 6.92. The monoisotopic (exact) mass is 334 g/mol. The fourth-order valence-corrected chi connectivity index (χ4v) is 4.79. The number of nitrogens with zero attached hydrogens (tertiary/aromatic N) is 1. The number of hydrogen-bond donors (Lipinski definition) is 1. The summed E-state index contributed by atoms with van der Waals surface area (Å²) in [6.45, 7) is 3.11. The van der Waals surface area contributed by atoms with Crippen molar-refractivity contribution in [3.05, 3.63) is 35.6 Å². The molecule has 0 bridgehead atoms. The summed E-state index contributed by atoms with van der Waals surface area (Å²) in [6.07, 6.45) is 1.98. The maximum absolute atomic E-state index is 12.9. The molecule has 3 rings (SSSR count). The van der Waals surface area contributed by atoms with Crippen LogP contribution in [-0.4, -0.2) is 38.9 Å². The summed E-state index contributed by atoms with van der Waals surface area (Å²) >= 11 is 0. The first-order valence-corrected chi connectivity index (χ1v) is 8.53. The molecule has 0 radical (unpaired) electrons. The number of benzene rings is 1. The van der Waals surface area contributed by atoms with Gasteiger partial charge in [-0.1, -0.05) is 12.1 Å². The first kappa shape index (κ1) is 16.7. The Bertz CT molecular complexity index is 585. The lowest BCUT2D eigenvalue weighted by molar-refractivity contribution is 0.338. The highest BCUT2D eigenvalue weighted by Crippen LogP contribution is 2.37. The average molecular weight is 335 g/mol. The Hall–Kier alpha value is -0.690. The Morgan fingerprint density at radius 1 is 1.24 bits per heavy atom. The minimum absolute atomic E-state index is 0. The molecule has 2 aliphatic rings. The van der Waals surface area contributed by atoms with Gasteiger partial charge in [0.1, 0.15) is 5.82 Å². The van der Waals surface area contributed by atoms with Gasteiger partial charge in [-0.3, -0.25) is 0 Å². The van der Waals surface area contributed by atoms with Gasteiger partial charge >= 0.3 is 0 Å². The lowest BCUT2D eigenvalue weighted by Gasteiger charge is -2.22. The van der Waals surface area contributed by atoms with Crippen LogP contribution in [0.1, 0.15) is 18.4 Å². The maximum atomic E-state index is 12.9. The summed E-state index contributed by atoms with van der Waals surface area (Å²) in [6, 6.07) is 5.68. The van der Waals surface area contributed by atoms with E-state index >= 15 is 0 Å². The number of nitrogens with one attached hydrogen (secondary N) is 1. The van der Waals surface area contributed by atoms with E-state index in [-0.39, 0.29) is 29.4 Å². The molecule has 0 amide bonds. The molecule has 0 saturated carbocycles. The Balaban J connectivity index is 0.00000161. The van der Waals surface area contributed by atoms with E-state index in [4.69, 9.17) is 0 Å². The molecule has 118 valence electrons. The van der Waals surface area contributed by atoms with E-state index < -0.39 is 10.0 Å². The van der Waals surface area contributed by atoms with E-state index in [1.165, 1.54) is 24.3 Å². The van der Waals surface area contributed by atoms with Crippen molar-refractivity contribution in [3.63, 3.8) is 0 Å². The van der Waals surface area contributed by atoms with Crippen LogP contribution in [0.4, 0.5) is 4.39 Å². The quantitative estimate of drug-likeness (QED) is 0.916. The van der Waals surface area contributed by atoms with Crippen molar-refractivity contribution in [2.24, 2.45) is 5.41 Å². The van der Waals surface area contributed by atoms with Crippen LogP contribution in [-0.2, 0) is 15.8 Å². The normalized spacial score (nSPS) is 26.1. The molecule has 2 saturated heterocycles. The summed E-state index contributed by atoms with van der Waals surface area (Å²) in [4.78, 5) is 0. The van der Waals surface area contributed by atoms with Gasteiger partial charge in [0.25, 0.3) is 0 Å². The van der Waals surface area contributed by atoms with Gasteiger partial charge < -0.3 is 5.32 Å². The minimum Gasteiger partial charge on any atom is -0.316 e. The molecule has 1 aromatic carbocycles. The molecule has 1 atom stereocenters. The van der Waals surface area contributed by atoms with Gasteiger partial charge in [0.15, 0.2) is 0 Å². The van der Waals surface area contributed by atoms with Crippen LogP contribution in [0.2, 0.25) is 0 Å². The van der Waals surface area contributed by atoms with Gasteiger partial charge in [-0.15, -0.1) is 12.4 Å². The van der Waals surface area contributed by atoms with E-state index in [9.17, 15) is 12.8 Å². The number of rotatable bonds is 3. The van der Waals surface area contributed by atoms with Gasteiger partial charge in [-0.2, -0.15) is 0 Å². The second-order valence-corrected chi connectivity index (χ2v) is 7.86. The number of hydrogen-bond acceptors (Lipinski definition) is 3. The third-order valence-corrected chi connectivity index (χ3v) is 6.19. The molecule has 2 aliphatic heterocycles. The van der Waals surface area contributed by atoms with Gasteiger partial charge in [0.2, 0.25) is 10.0 Å². The highest BCUT2D eigenvalue weighted by Gasteiger charge is 2.43. The summed E-state index contributed by atoms with van der Waals surface area (Å²) in [5.41, 5.74) is 0.771. The predicted octanol–water partition coefficient (Wildman–Crippen LogP) is 1.76. The van der Waals surface area contributed by atoms with Gasteiger partial charge in [-0.05, 0) is 42.5 Å². The van der Waals surface area contributed by atoms with Crippen molar-refractivity contribution in [1.82, 2.24) is 9.62 Å². The van der Waals surface area contributed by atoms with Crippen LogP contribution >= 0.6 is 12.4 Å². The van der Waals surface area contributed by atoms with Crippen LogP contribution in [0.3, 0.4) is 0 Å². The molecule has 1 unspecified atom stereocenters. The molecule has 1 spiro atoms. The number of sulfonamides is 1. The molecule has 2 heterocycles. The van der Waals surface area contributed by atoms with Gasteiger partial charge in [-0.25, -0.2) is 17.1 Å². The predicted molar refractivity (Wildman–Crippen MR) is 82.4 cm³/mol. The van der Waals surface area contributed by atoms with Crippen LogP contribution < -0.4 is 5.32 Å². The Morgan fingerprint density at radius 2 is 1.95 bits per heavy atom. The minimum atomic E-state index is -3.31. The molecule has 1 aromatic rings. The van der Waals surface area contributed by atoms with Crippen LogP contribution in [0, 0.1) is 11.2 Å². The maximum Gasteiger partial charge on any atom is 0.218 e. The molecule has 2 fully saturated rings. The van der Waals surface area contributed by atoms with Crippen LogP contribution in [0.15, 0.2) is 24.3 Å². The largest absolute Gasteiger partial charge is 0.316 e. The van der Waals surface area contributed by atoms with E-state index in [0.717, 1.165) is 25.9 Å². The van der Waals surface area contributed by atoms with Crippen LogP contribution in [0.25, 0.3) is 0 Å². The molecule has 0 aliphatic carbocycles. The summed E-state index contributed by atoms with van der Waals surface area (Å²) < 4.78 is 39.3. The molecule has 4 nitrogen and oxygen atoms in total. The Kier molecular flexibility index (Phi) is 4.92. The molecule has 21 heavy (non-hydrogen) atoms. The third kappa shape index (κ3) is 3.56. The topological polar surface area (TPSA) is 49.4 Å². The Morgan fingerprint density at radius 3 is 2.57 bits per heavy atom. The smallest absolute Gasteiger partial charge is 0.218 e. The van der Waals surface area contributed by atoms with E-state index in [1.807, 2.05) is 0 Å². The van der Waals surface area contributed by atoms with Crippen LogP contribution in [0.5, 0.6) is 0 Å². The summed E-state index contributed by atoms with van der Waals surface area (Å²) in [5, 5.41) is 3.32.